The van der Waals surface area contributed by atoms with Crippen LogP contribution in [0.1, 0.15) is 28.9 Å². The summed E-state index contributed by atoms with van der Waals surface area (Å²) in [4.78, 5) is 27.6. The number of piperidine rings is 1. The highest BCUT2D eigenvalue weighted by Crippen LogP contribution is 2.36. The molecule has 0 radical (unpaired) electrons. The lowest BCUT2D eigenvalue weighted by Crippen LogP contribution is -2.36. The Hall–Kier alpha value is -2.58. The second kappa shape index (κ2) is 9.57. The van der Waals surface area contributed by atoms with E-state index in [1.165, 1.54) is 32.0 Å². The number of rotatable bonds is 7. The van der Waals surface area contributed by atoms with Crippen LogP contribution in [0.3, 0.4) is 0 Å². The molecule has 7 nitrogen and oxygen atoms in total. The van der Waals surface area contributed by atoms with Crippen LogP contribution < -0.4 is 20.1 Å². The van der Waals surface area contributed by atoms with Crippen LogP contribution in [0.25, 0.3) is 0 Å². The van der Waals surface area contributed by atoms with E-state index in [0.717, 1.165) is 25.9 Å². The SMILES string of the molecule is COc1cc(NC(=O)c2cccs2)c(OC)cc1NC(=O)CN1CCCCC1. The average molecular weight is 404 g/mol. The summed E-state index contributed by atoms with van der Waals surface area (Å²) in [5.74, 6) is 0.572. The topological polar surface area (TPSA) is 79.9 Å². The smallest absolute Gasteiger partial charge is 0.265 e. The average Bonchev–Trinajstić information content (AvgIpc) is 3.24. The third-order valence-corrected chi connectivity index (χ3v) is 5.47. The van der Waals surface area contributed by atoms with Gasteiger partial charge in [0, 0.05) is 12.1 Å². The van der Waals surface area contributed by atoms with Crippen LogP contribution in [0, 0.1) is 0 Å². The molecule has 1 fully saturated rings. The zero-order chi connectivity index (χ0) is 19.9. The Balaban J connectivity index is 1.74. The van der Waals surface area contributed by atoms with Crippen LogP contribution in [0.2, 0.25) is 0 Å². The molecule has 1 saturated heterocycles. The third-order valence-electron chi connectivity index (χ3n) is 4.60. The first kappa shape index (κ1) is 20.2. The molecule has 28 heavy (non-hydrogen) atoms. The normalized spacial score (nSPS) is 14.4. The van der Waals surface area contributed by atoms with Gasteiger partial charge in [0.2, 0.25) is 5.91 Å². The van der Waals surface area contributed by atoms with Crippen LogP contribution in [-0.2, 0) is 4.79 Å². The van der Waals surface area contributed by atoms with E-state index in [2.05, 4.69) is 15.5 Å². The van der Waals surface area contributed by atoms with E-state index in [1.807, 2.05) is 11.4 Å². The van der Waals surface area contributed by atoms with Crippen LogP contribution in [0.4, 0.5) is 11.4 Å². The second-order valence-electron chi connectivity index (χ2n) is 6.57. The van der Waals surface area contributed by atoms with Gasteiger partial charge in [-0.2, -0.15) is 0 Å². The standard InChI is InChI=1S/C20H25N3O4S/c1-26-16-12-15(22-20(25)18-7-6-10-28-18)17(27-2)11-14(16)21-19(24)13-23-8-4-3-5-9-23/h6-7,10-12H,3-5,8-9,13H2,1-2H3,(H,21,24)(H,22,25). The fraction of sp³-hybridized carbons (Fsp3) is 0.400. The number of nitrogens with zero attached hydrogens (tertiary/aromatic N) is 1. The van der Waals surface area contributed by atoms with E-state index < -0.39 is 0 Å². The molecule has 0 bridgehead atoms. The zero-order valence-corrected chi connectivity index (χ0v) is 16.9. The third kappa shape index (κ3) is 5.02. The number of anilines is 2. The second-order valence-corrected chi connectivity index (χ2v) is 7.52. The van der Waals surface area contributed by atoms with Crippen molar-refractivity contribution in [2.24, 2.45) is 0 Å². The van der Waals surface area contributed by atoms with Gasteiger partial charge in [-0.15, -0.1) is 11.3 Å². The van der Waals surface area contributed by atoms with Gasteiger partial charge in [0.25, 0.3) is 5.91 Å². The molecule has 0 unspecified atom stereocenters. The highest BCUT2D eigenvalue weighted by atomic mass is 32.1. The van der Waals surface area contributed by atoms with Gasteiger partial charge in [-0.25, -0.2) is 0 Å². The summed E-state index contributed by atoms with van der Waals surface area (Å²) in [6.45, 7) is 2.24. The van der Waals surface area contributed by atoms with Crippen molar-refractivity contribution < 1.29 is 19.1 Å². The molecule has 8 heteroatoms. The molecule has 3 rings (SSSR count). The van der Waals surface area contributed by atoms with Gasteiger partial charge in [0.15, 0.2) is 0 Å². The summed E-state index contributed by atoms with van der Waals surface area (Å²) in [6, 6.07) is 6.88. The summed E-state index contributed by atoms with van der Waals surface area (Å²) in [5.41, 5.74) is 0.988. The highest BCUT2D eigenvalue weighted by molar-refractivity contribution is 7.12. The van der Waals surface area contributed by atoms with Crippen molar-refractivity contribution in [2.75, 3.05) is 44.5 Å². The molecule has 1 aliphatic heterocycles. The molecule has 2 amide bonds. The number of methoxy groups -OCH3 is 2. The minimum absolute atomic E-state index is 0.0994. The van der Waals surface area contributed by atoms with Crippen molar-refractivity contribution in [1.82, 2.24) is 4.90 Å². The van der Waals surface area contributed by atoms with Crippen molar-refractivity contribution in [2.45, 2.75) is 19.3 Å². The zero-order valence-electron chi connectivity index (χ0n) is 16.1. The van der Waals surface area contributed by atoms with Gasteiger partial charge in [-0.1, -0.05) is 12.5 Å². The number of amides is 2. The predicted molar refractivity (Wildman–Crippen MR) is 111 cm³/mol. The monoisotopic (exact) mass is 403 g/mol. The van der Waals surface area contributed by atoms with Crippen molar-refractivity contribution in [3.63, 3.8) is 0 Å². The van der Waals surface area contributed by atoms with E-state index in [0.29, 0.717) is 34.3 Å². The fourth-order valence-corrected chi connectivity index (χ4v) is 3.81. The van der Waals surface area contributed by atoms with E-state index in [9.17, 15) is 9.59 Å². The molecule has 2 heterocycles. The Kier molecular flexibility index (Phi) is 6.89. The Bertz CT molecular complexity index is 817. The largest absolute Gasteiger partial charge is 0.494 e. The lowest BCUT2D eigenvalue weighted by molar-refractivity contribution is -0.117. The predicted octanol–water partition coefficient (Wildman–Crippen LogP) is 3.44. The molecule has 1 aromatic heterocycles. The van der Waals surface area contributed by atoms with Crippen LogP contribution >= 0.6 is 11.3 Å². The summed E-state index contributed by atoms with van der Waals surface area (Å²) in [7, 11) is 3.04. The highest BCUT2D eigenvalue weighted by Gasteiger charge is 2.18. The van der Waals surface area contributed by atoms with Crippen LogP contribution in [0.15, 0.2) is 29.6 Å². The first-order chi connectivity index (χ1) is 13.6. The first-order valence-corrected chi connectivity index (χ1v) is 10.1. The maximum atomic E-state index is 12.4. The molecule has 0 atom stereocenters. The van der Waals surface area contributed by atoms with E-state index in [1.54, 1.807) is 18.2 Å². The number of nitrogens with one attached hydrogen (secondary N) is 2. The first-order valence-electron chi connectivity index (χ1n) is 9.24. The van der Waals surface area contributed by atoms with E-state index in [4.69, 9.17) is 9.47 Å². The van der Waals surface area contributed by atoms with Crippen molar-refractivity contribution in [1.29, 1.82) is 0 Å². The van der Waals surface area contributed by atoms with Gasteiger partial charge in [-0.3, -0.25) is 14.5 Å². The molecule has 2 N–H and O–H groups in total. The number of hydrogen-bond donors (Lipinski definition) is 2. The quantitative estimate of drug-likeness (QED) is 0.740. The Morgan fingerprint density at radius 1 is 1.04 bits per heavy atom. The van der Waals surface area contributed by atoms with Crippen LogP contribution in [-0.4, -0.2) is 50.6 Å². The summed E-state index contributed by atoms with van der Waals surface area (Å²) < 4.78 is 10.8. The molecule has 2 aromatic rings. The van der Waals surface area contributed by atoms with Gasteiger partial charge >= 0.3 is 0 Å². The fourth-order valence-electron chi connectivity index (χ4n) is 3.20. The number of ether oxygens (including phenoxy) is 2. The number of thiophene rings is 1. The summed E-state index contributed by atoms with van der Waals surface area (Å²) in [5, 5.41) is 7.57. The maximum Gasteiger partial charge on any atom is 0.265 e. The van der Waals surface area contributed by atoms with Gasteiger partial charge in [0.05, 0.1) is 37.0 Å². The molecule has 1 aliphatic rings. The van der Waals surface area contributed by atoms with Gasteiger partial charge in [-0.05, 0) is 37.4 Å². The van der Waals surface area contributed by atoms with Gasteiger partial charge < -0.3 is 20.1 Å². The van der Waals surface area contributed by atoms with Crippen molar-refractivity contribution in [3.8, 4) is 11.5 Å². The van der Waals surface area contributed by atoms with Crippen LogP contribution in [0.5, 0.6) is 11.5 Å². The maximum absolute atomic E-state index is 12.4. The Morgan fingerprint density at radius 2 is 1.68 bits per heavy atom. The minimum Gasteiger partial charge on any atom is -0.494 e. The Morgan fingerprint density at radius 3 is 2.25 bits per heavy atom. The van der Waals surface area contributed by atoms with E-state index in [-0.39, 0.29) is 11.8 Å². The molecular weight excluding hydrogens is 378 g/mol. The number of carbonyl (C=O) groups excluding carboxylic acids is 2. The molecule has 0 spiro atoms. The van der Waals surface area contributed by atoms with Crippen molar-refractivity contribution in [3.05, 3.63) is 34.5 Å². The summed E-state index contributed by atoms with van der Waals surface area (Å²) >= 11 is 1.36. The number of likely N-dealkylation sites (tertiary alicyclic amines) is 1. The molecule has 0 aliphatic carbocycles. The van der Waals surface area contributed by atoms with Crippen molar-refractivity contribution >= 4 is 34.5 Å². The van der Waals surface area contributed by atoms with E-state index >= 15 is 0 Å². The minimum atomic E-state index is -0.225. The van der Waals surface area contributed by atoms with Gasteiger partial charge in [0.1, 0.15) is 11.5 Å². The number of hydrogen-bond acceptors (Lipinski definition) is 6. The molecule has 0 saturated carbocycles. The molecular formula is C20H25N3O4S. The molecule has 1 aromatic carbocycles. The lowest BCUT2D eigenvalue weighted by Gasteiger charge is -2.25. The Labute approximate surface area is 168 Å². The lowest BCUT2D eigenvalue weighted by atomic mass is 10.1. The number of carbonyl (C=O) groups is 2. The summed E-state index contributed by atoms with van der Waals surface area (Å²) in [6.07, 6.45) is 3.48. The number of benzene rings is 1. The molecule has 150 valence electrons.